The van der Waals surface area contributed by atoms with Crippen LogP contribution in [0.3, 0.4) is 0 Å². The number of halogens is 1. The molecular formula is C15H24ClN3O. The molecule has 0 spiro atoms. The first-order valence-electron chi connectivity index (χ1n) is 6.87. The van der Waals surface area contributed by atoms with Crippen molar-refractivity contribution in [1.29, 1.82) is 0 Å². The summed E-state index contributed by atoms with van der Waals surface area (Å²) in [4.78, 5) is 16.5. The first-order valence-corrected chi connectivity index (χ1v) is 6.87. The maximum absolute atomic E-state index is 12.5. The van der Waals surface area contributed by atoms with Crippen molar-refractivity contribution in [3.8, 4) is 0 Å². The number of benzene rings is 1. The highest BCUT2D eigenvalue weighted by molar-refractivity contribution is 5.95. The Kier molecular flexibility index (Phi) is 6.46. The summed E-state index contributed by atoms with van der Waals surface area (Å²) in [7, 11) is 2.02. The molecule has 4 nitrogen and oxygen atoms in total. The molecule has 20 heavy (non-hydrogen) atoms. The molecule has 112 valence electrons. The van der Waals surface area contributed by atoms with E-state index in [4.69, 9.17) is 0 Å². The zero-order valence-corrected chi connectivity index (χ0v) is 13.2. The van der Waals surface area contributed by atoms with Gasteiger partial charge in [-0.1, -0.05) is 18.2 Å². The third-order valence-corrected chi connectivity index (χ3v) is 3.59. The Hall–Kier alpha value is -1.10. The third-order valence-electron chi connectivity index (χ3n) is 3.59. The highest BCUT2D eigenvalue weighted by Crippen LogP contribution is 2.17. The highest BCUT2D eigenvalue weighted by atomic mass is 35.5. The number of para-hydroxylation sites is 1. The molecule has 1 N–H and O–H groups in total. The van der Waals surface area contributed by atoms with Crippen molar-refractivity contribution in [3.63, 3.8) is 0 Å². The van der Waals surface area contributed by atoms with E-state index in [1.54, 1.807) is 0 Å². The number of carbonyl (C=O) groups excluding carboxylic acids is 1. The number of carbonyl (C=O) groups is 1. The molecule has 1 aliphatic heterocycles. The van der Waals surface area contributed by atoms with Gasteiger partial charge in [-0.3, -0.25) is 9.69 Å². The lowest BCUT2D eigenvalue weighted by Crippen LogP contribution is -2.58. The summed E-state index contributed by atoms with van der Waals surface area (Å²) in [6.07, 6.45) is 0. The van der Waals surface area contributed by atoms with Crippen molar-refractivity contribution < 1.29 is 4.79 Å². The van der Waals surface area contributed by atoms with E-state index in [0.717, 1.165) is 18.8 Å². The predicted octanol–water partition coefficient (Wildman–Crippen LogP) is 1.75. The quantitative estimate of drug-likeness (QED) is 0.899. The van der Waals surface area contributed by atoms with E-state index in [0.29, 0.717) is 12.6 Å². The van der Waals surface area contributed by atoms with E-state index in [1.165, 1.54) is 0 Å². The Morgan fingerprint density at radius 2 is 1.90 bits per heavy atom. The number of hydrogen-bond donors (Lipinski definition) is 1. The minimum atomic E-state index is 0. The summed E-state index contributed by atoms with van der Waals surface area (Å²) < 4.78 is 0. The number of anilines is 1. The number of rotatable bonds is 5. The Morgan fingerprint density at radius 3 is 2.35 bits per heavy atom. The fourth-order valence-electron chi connectivity index (χ4n) is 2.32. The zero-order chi connectivity index (χ0) is 13.8. The van der Waals surface area contributed by atoms with E-state index < -0.39 is 0 Å². The van der Waals surface area contributed by atoms with Gasteiger partial charge in [0.25, 0.3) is 0 Å². The van der Waals surface area contributed by atoms with Crippen LogP contribution in [-0.4, -0.2) is 49.6 Å². The van der Waals surface area contributed by atoms with Crippen molar-refractivity contribution in [2.24, 2.45) is 0 Å². The lowest BCUT2D eigenvalue weighted by Gasteiger charge is -2.37. The Labute approximate surface area is 127 Å². The summed E-state index contributed by atoms with van der Waals surface area (Å²) >= 11 is 0. The van der Waals surface area contributed by atoms with Crippen LogP contribution < -0.4 is 10.2 Å². The molecule has 0 bridgehead atoms. The fraction of sp³-hybridized carbons (Fsp3) is 0.533. The van der Waals surface area contributed by atoms with Crippen LogP contribution in [0.5, 0.6) is 0 Å². The average molecular weight is 298 g/mol. The van der Waals surface area contributed by atoms with E-state index in [2.05, 4.69) is 24.1 Å². The zero-order valence-electron chi connectivity index (χ0n) is 12.4. The molecule has 0 atom stereocenters. The number of likely N-dealkylation sites (N-methyl/N-ethyl adjacent to an activating group) is 1. The van der Waals surface area contributed by atoms with Gasteiger partial charge >= 0.3 is 0 Å². The molecule has 1 aromatic rings. The molecule has 0 aliphatic carbocycles. The van der Waals surface area contributed by atoms with Crippen LogP contribution in [-0.2, 0) is 4.79 Å². The first kappa shape index (κ1) is 17.0. The molecule has 1 fully saturated rings. The summed E-state index contributed by atoms with van der Waals surface area (Å²) in [6, 6.07) is 10.6. The lowest BCUT2D eigenvalue weighted by molar-refractivity contribution is -0.120. The minimum absolute atomic E-state index is 0. The Morgan fingerprint density at radius 1 is 1.30 bits per heavy atom. The maximum Gasteiger partial charge on any atom is 0.241 e. The summed E-state index contributed by atoms with van der Waals surface area (Å²) in [6.45, 7) is 6.54. The van der Waals surface area contributed by atoms with Gasteiger partial charge in [0.05, 0.1) is 6.54 Å². The summed E-state index contributed by atoms with van der Waals surface area (Å²) in [5.41, 5.74) is 0.975. The van der Waals surface area contributed by atoms with Crippen LogP contribution in [0.25, 0.3) is 0 Å². The highest BCUT2D eigenvalue weighted by Gasteiger charge is 2.26. The van der Waals surface area contributed by atoms with Crippen molar-refractivity contribution in [1.82, 2.24) is 10.2 Å². The van der Waals surface area contributed by atoms with Crippen molar-refractivity contribution in [2.45, 2.75) is 25.9 Å². The standard InChI is InChI=1S/C15H23N3O.ClH/c1-12(2)18(13-7-5-4-6-8-13)15(19)11-17(3)14-9-16-10-14;/h4-8,12,14,16H,9-11H2,1-3H3;1H. The molecule has 5 heteroatoms. The summed E-state index contributed by atoms with van der Waals surface area (Å²) in [5.74, 6) is 0.163. The van der Waals surface area contributed by atoms with Gasteiger partial charge in [-0.15, -0.1) is 12.4 Å². The maximum atomic E-state index is 12.5. The van der Waals surface area contributed by atoms with Gasteiger partial charge in [0.2, 0.25) is 5.91 Å². The summed E-state index contributed by atoms with van der Waals surface area (Å²) in [5, 5.41) is 3.23. The molecule has 0 unspecified atom stereocenters. The number of amides is 1. The average Bonchev–Trinajstić information content (AvgIpc) is 2.27. The Bertz CT molecular complexity index is 420. The van der Waals surface area contributed by atoms with Gasteiger partial charge in [0.1, 0.15) is 0 Å². The number of nitrogens with zero attached hydrogens (tertiary/aromatic N) is 2. The van der Waals surface area contributed by atoms with Gasteiger partial charge in [-0.25, -0.2) is 0 Å². The van der Waals surface area contributed by atoms with Gasteiger partial charge in [-0.2, -0.15) is 0 Å². The second-order valence-electron chi connectivity index (χ2n) is 5.42. The van der Waals surface area contributed by atoms with Crippen molar-refractivity contribution in [2.75, 3.05) is 31.6 Å². The van der Waals surface area contributed by atoms with Crippen molar-refractivity contribution >= 4 is 24.0 Å². The molecule has 1 aromatic carbocycles. The second kappa shape index (κ2) is 7.62. The van der Waals surface area contributed by atoms with Crippen LogP contribution in [0.4, 0.5) is 5.69 Å². The van der Waals surface area contributed by atoms with Crippen LogP contribution in [0.1, 0.15) is 13.8 Å². The first-order chi connectivity index (χ1) is 9.09. The number of hydrogen-bond acceptors (Lipinski definition) is 3. The van der Waals surface area contributed by atoms with Gasteiger partial charge in [0, 0.05) is 30.9 Å². The molecule has 1 amide bonds. The van der Waals surface area contributed by atoms with E-state index >= 15 is 0 Å². The van der Waals surface area contributed by atoms with Crippen LogP contribution >= 0.6 is 12.4 Å². The smallest absolute Gasteiger partial charge is 0.241 e. The minimum Gasteiger partial charge on any atom is -0.314 e. The topological polar surface area (TPSA) is 35.6 Å². The largest absolute Gasteiger partial charge is 0.314 e. The molecule has 0 aromatic heterocycles. The molecule has 1 aliphatic rings. The van der Waals surface area contributed by atoms with Crippen LogP contribution in [0.15, 0.2) is 30.3 Å². The van der Waals surface area contributed by atoms with Gasteiger partial charge < -0.3 is 10.2 Å². The SMILES string of the molecule is CC(C)N(C(=O)CN(C)C1CNC1)c1ccccc1.Cl. The van der Waals surface area contributed by atoms with Gasteiger partial charge in [0.15, 0.2) is 0 Å². The molecule has 2 rings (SSSR count). The number of nitrogens with one attached hydrogen (secondary N) is 1. The molecule has 1 saturated heterocycles. The molecule has 1 heterocycles. The Balaban J connectivity index is 0.00000200. The molecule has 0 radical (unpaired) electrons. The van der Waals surface area contributed by atoms with Crippen molar-refractivity contribution in [3.05, 3.63) is 30.3 Å². The van der Waals surface area contributed by atoms with E-state index in [-0.39, 0.29) is 24.4 Å². The monoisotopic (exact) mass is 297 g/mol. The second-order valence-corrected chi connectivity index (χ2v) is 5.42. The molecular weight excluding hydrogens is 274 g/mol. The normalized spacial score (nSPS) is 14.8. The molecule has 0 saturated carbocycles. The third kappa shape index (κ3) is 3.95. The van der Waals surface area contributed by atoms with Gasteiger partial charge in [-0.05, 0) is 33.0 Å². The van der Waals surface area contributed by atoms with E-state index in [9.17, 15) is 4.79 Å². The lowest BCUT2D eigenvalue weighted by atomic mass is 10.1. The van der Waals surface area contributed by atoms with E-state index in [1.807, 2.05) is 42.3 Å². The fourth-order valence-corrected chi connectivity index (χ4v) is 2.32. The van der Waals surface area contributed by atoms with Crippen LogP contribution in [0, 0.1) is 0 Å². The van der Waals surface area contributed by atoms with Crippen LogP contribution in [0.2, 0.25) is 0 Å². The predicted molar refractivity (Wildman–Crippen MR) is 85.6 cm³/mol.